The third kappa shape index (κ3) is 3.52. The molecule has 9 heteroatoms. The van der Waals surface area contributed by atoms with Crippen molar-refractivity contribution in [3.05, 3.63) is 49.1 Å². The maximum absolute atomic E-state index is 11.4. The predicted molar refractivity (Wildman–Crippen MR) is 86.1 cm³/mol. The summed E-state index contributed by atoms with van der Waals surface area (Å²) in [5, 5.41) is 20.6. The number of rotatable bonds is 4. The van der Waals surface area contributed by atoms with Crippen LogP contribution in [0.4, 0.5) is 5.69 Å². The van der Waals surface area contributed by atoms with Gasteiger partial charge >= 0.3 is 5.69 Å². The average Bonchev–Trinajstić information content (AvgIpc) is 2.50. The molecule has 1 heterocycles. The van der Waals surface area contributed by atoms with Crippen LogP contribution in [0.5, 0.6) is 17.4 Å². The molecular weight excluding hydrogens is 390 g/mol. The first-order valence-electron chi connectivity index (χ1n) is 6.14. The zero-order valence-corrected chi connectivity index (χ0v) is 14.3. The van der Waals surface area contributed by atoms with Crippen molar-refractivity contribution >= 4 is 33.2 Å². The van der Waals surface area contributed by atoms with E-state index < -0.39 is 10.6 Å². The van der Waals surface area contributed by atoms with Gasteiger partial charge in [0.15, 0.2) is 0 Å². The topological polar surface area (TPSA) is 98.3 Å². The molecule has 0 atom stereocenters. The Morgan fingerprint density at radius 1 is 1.43 bits per heavy atom. The smallest absolute Gasteiger partial charge is 0.374 e. The molecule has 0 aliphatic rings. The van der Waals surface area contributed by atoms with Gasteiger partial charge < -0.3 is 9.47 Å². The second-order valence-corrected chi connectivity index (χ2v) is 5.57. The number of methoxy groups -OCH3 is 1. The van der Waals surface area contributed by atoms with Crippen LogP contribution in [0, 0.1) is 28.4 Å². The van der Waals surface area contributed by atoms with Crippen molar-refractivity contribution in [3.8, 4) is 23.4 Å². The molecule has 0 saturated heterocycles. The molecule has 2 rings (SSSR count). The molecule has 2 aromatic rings. The SMILES string of the molecule is COc1nc(C)c(Br)c(Oc2cc(Cl)cc(C#N)c2)c1[N+](=O)[O-]. The van der Waals surface area contributed by atoms with E-state index in [-0.39, 0.29) is 28.0 Å². The molecule has 0 amide bonds. The Labute approximate surface area is 144 Å². The predicted octanol–water partition coefficient (Wildman–Crippen LogP) is 4.39. The van der Waals surface area contributed by atoms with Crippen LogP contribution in [0.15, 0.2) is 22.7 Å². The minimum atomic E-state index is -0.652. The Kier molecular flexibility index (Phi) is 5.03. The van der Waals surface area contributed by atoms with Crippen molar-refractivity contribution in [1.29, 1.82) is 5.26 Å². The normalized spacial score (nSPS) is 10.0. The van der Waals surface area contributed by atoms with Crippen LogP contribution in [-0.4, -0.2) is 17.0 Å². The van der Waals surface area contributed by atoms with Crippen LogP contribution in [-0.2, 0) is 0 Å². The van der Waals surface area contributed by atoms with E-state index in [4.69, 9.17) is 26.3 Å². The second-order valence-electron chi connectivity index (χ2n) is 4.34. The minimum absolute atomic E-state index is 0.0782. The number of hydrogen-bond acceptors (Lipinski definition) is 6. The molecule has 0 aliphatic carbocycles. The number of benzene rings is 1. The standard InChI is InChI=1S/C14H9BrClN3O4/c1-7-11(15)13(12(19(20)21)14(18-7)22-2)23-10-4-8(6-17)3-9(16)5-10/h3-5H,1-2H3. The zero-order valence-electron chi connectivity index (χ0n) is 12.0. The molecule has 0 spiro atoms. The lowest BCUT2D eigenvalue weighted by Crippen LogP contribution is -2.02. The molecule has 0 bridgehead atoms. The van der Waals surface area contributed by atoms with Gasteiger partial charge in [-0.25, -0.2) is 4.98 Å². The Morgan fingerprint density at radius 2 is 2.13 bits per heavy atom. The maximum atomic E-state index is 11.4. The van der Waals surface area contributed by atoms with Gasteiger partial charge in [0.2, 0.25) is 5.75 Å². The Balaban J connectivity index is 2.64. The molecule has 118 valence electrons. The number of nitriles is 1. The molecular formula is C14H9BrClN3O4. The molecule has 7 nitrogen and oxygen atoms in total. The fourth-order valence-electron chi connectivity index (χ4n) is 1.82. The van der Waals surface area contributed by atoms with Gasteiger partial charge in [0.05, 0.1) is 33.8 Å². The summed E-state index contributed by atoms with van der Waals surface area (Å²) in [6.45, 7) is 1.64. The van der Waals surface area contributed by atoms with Crippen molar-refractivity contribution < 1.29 is 14.4 Å². The Hall–Kier alpha value is -2.37. The van der Waals surface area contributed by atoms with Crippen molar-refractivity contribution in [3.63, 3.8) is 0 Å². The van der Waals surface area contributed by atoms with Crippen LogP contribution in [0.2, 0.25) is 5.02 Å². The number of aryl methyl sites for hydroxylation is 1. The molecule has 0 radical (unpaired) electrons. The van der Waals surface area contributed by atoms with Crippen molar-refractivity contribution in [2.24, 2.45) is 0 Å². The van der Waals surface area contributed by atoms with E-state index in [2.05, 4.69) is 20.9 Å². The fourth-order valence-corrected chi connectivity index (χ4v) is 2.40. The van der Waals surface area contributed by atoms with Gasteiger partial charge in [-0.1, -0.05) is 11.6 Å². The van der Waals surface area contributed by atoms with E-state index in [0.29, 0.717) is 10.2 Å². The number of hydrogen-bond donors (Lipinski definition) is 0. The maximum Gasteiger partial charge on any atom is 0.374 e. The zero-order chi connectivity index (χ0) is 17.1. The second kappa shape index (κ2) is 6.81. The minimum Gasteiger partial charge on any atom is -0.476 e. The van der Waals surface area contributed by atoms with Crippen molar-refractivity contribution in [2.45, 2.75) is 6.92 Å². The molecule has 0 aliphatic heterocycles. The molecule has 0 saturated carbocycles. The summed E-state index contributed by atoms with van der Waals surface area (Å²) in [4.78, 5) is 14.7. The highest BCUT2D eigenvalue weighted by Gasteiger charge is 2.29. The van der Waals surface area contributed by atoms with E-state index in [1.807, 2.05) is 6.07 Å². The lowest BCUT2D eigenvalue weighted by Gasteiger charge is -2.12. The van der Waals surface area contributed by atoms with Gasteiger partial charge in [0.1, 0.15) is 5.75 Å². The van der Waals surface area contributed by atoms with Crippen LogP contribution in [0.1, 0.15) is 11.3 Å². The summed E-state index contributed by atoms with van der Waals surface area (Å²) in [6.07, 6.45) is 0. The summed E-state index contributed by atoms with van der Waals surface area (Å²) in [5.41, 5.74) is 0.289. The summed E-state index contributed by atoms with van der Waals surface area (Å²) in [6, 6.07) is 6.25. The monoisotopic (exact) mass is 397 g/mol. The summed E-state index contributed by atoms with van der Waals surface area (Å²) in [7, 11) is 1.28. The molecule has 0 fully saturated rings. The molecule has 0 unspecified atom stereocenters. The largest absolute Gasteiger partial charge is 0.476 e. The van der Waals surface area contributed by atoms with Crippen LogP contribution in [0.25, 0.3) is 0 Å². The van der Waals surface area contributed by atoms with Gasteiger partial charge in [-0.2, -0.15) is 5.26 Å². The van der Waals surface area contributed by atoms with Crippen LogP contribution < -0.4 is 9.47 Å². The quantitative estimate of drug-likeness (QED) is 0.559. The number of pyridine rings is 1. The van der Waals surface area contributed by atoms with E-state index >= 15 is 0 Å². The molecule has 1 aromatic carbocycles. The third-order valence-corrected chi connectivity index (χ3v) is 3.95. The molecule has 23 heavy (non-hydrogen) atoms. The Morgan fingerprint density at radius 3 is 2.70 bits per heavy atom. The van der Waals surface area contributed by atoms with Gasteiger partial charge in [-0.3, -0.25) is 10.1 Å². The summed E-state index contributed by atoms with van der Waals surface area (Å²) in [5.74, 6) is -0.0655. The van der Waals surface area contributed by atoms with Gasteiger partial charge in [-0.15, -0.1) is 0 Å². The van der Waals surface area contributed by atoms with E-state index in [1.165, 1.54) is 25.3 Å². The Bertz CT molecular complexity index is 836. The third-order valence-electron chi connectivity index (χ3n) is 2.80. The van der Waals surface area contributed by atoms with Crippen LogP contribution >= 0.6 is 27.5 Å². The van der Waals surface area contributed by atoms with Gasteiger partial charge in [0.25, 0.3) is 5.88 Å². The molecule has 0 N–H and O–H groups in total. The average molecular weight is 399 g/mol. The number of ether oxygens (including phenoxy) is 2. The fraction of sp³-hybridized carbons (Fsp3) is 0.143. The number of halogens is 2. The summed E-state index contributed by atoms with van der Waals surface area (Å²) < 4.78 is 10.9. The van der Waals surface area contributed by atoms with E-state index in [1.54, 1.807) is 6.92 Å². The van der Waals surface area contributed by atoms with Crippen molar-refractivity contribution in [2.75, 3.05) is 7.11 Å². The van der Waals surface area contributed by atoms with Crippen molar-refractivity contribution in [1.82, 2.24) is 4.98 Å². The van der Waals surface area contributed by atoms with Crippen LogP contribution in [0.3, 0.4) is 0 Å². The van der Waals surface area contributed by atoms with E-state index in [0.717, 1.165) is 0 Å². The van der Waals surface area contributed by atoms with E-state index in [9.17, 15) is 10.1 Å². The number of aromatic nitrogens is 1. The molecule has 1 aromatic heterocycles. The lowest BCUT2D eigenvalue weighted by molar-refractivity contribution is -0.387. The van der Waals surface area contributed by atoms with Gasteiger partial charge in [0, 0.05) is 5.02 Å². The first-order valence-corrected chi connectivity index (χ1v) is 7.31. The highest BCUT2D eigenvalue weighted by Crippen LogP contribution is 2.44. The lowest BCUT2D eigenvalue weighted by atomic mass is 10.2. The number of nitrogens with zero attached hydrogens (tertiary/aromatic N) is 3. The highest BCUT2D eigenvalue weighted by atomic mass is 79.9. The number of nitro groups is 1. The highest BCUT2D eigenvalue weighted by molar-refractivity contribution is 9.10. The first-order chi connectivity index (χ1) is 10.9. The van der Waals surface area contributed by atoms with Gasteiger partial charge in [-0.05, 0) is 41.1 Å². The summed E-state index contributed by atoms with van der Waals surface area (Å²) >= 11 is 9.14. The first kappa shape index (κ1) is 17.0.